The average molecular weight is 320 g/mol. The fraction of sp³-hybridized carbons (Fsp3) is 0.364. The summed E-state index contributed by atoms with van der Waals surface area (Å²) in [6.07, 6.45) is 1.45. The topological polar surface area (TPSA) is 66.1 Å². The van der Waals surface area contributed by atoms with Crippen molar-refractivity contribution in [2.75, 3.05) is 7.05 Å². The number of hydrogen-bond donors (Lipinski definition) is 1. The van der Waals surface area contributed by atoms with Crippen LogP contribution in [-0.4, -0.2) is 29.7 Å². The van der Waals surface area contributed by atoms with Crippen LogP contribution in [0, 0.1) is 6.92 Å². The number of halogens is 1. The summed E-state index contributed by atoms with van der Waals surface area (Å²) in [5, 5.41) is 2.79. The zero-order valence-electron chi connectivity index (χ0n) is 10.6. The Balaban J connectivity index is 2.19. The van der Waals surface area contributed by atoms with E-state index in [1.54, 1.807) is 6.07 Å². The molecular formula is C11H14ClN3O2S2. The molecule has 0 aromatic carbocycles. The van der Waals surface area contributed by atoms with Gasteiger partial charge in [-0.05, 0) is 13.0 Å². The molecule has 0 amide bonds. The van der Waals surface area contributed by atoms with Gasteiger partial charge in [0.15, 0.2) is 0 Å². The maximum Gasteiger partial charge on any atom is 0.244 e. The van der Waals surface area contributed by atoms with Crippen molar-refractivity contribution in [1.29, 1.82) is 0 Å². The lowest BCUT2D eigenvalue weighted by molar-refractivity contribution is 0.463. The summed E-state index contributed by atoms with van der Waals surface area (Å²) in [5.41, 5.74) is 1.43. The third-order valence-corrected chi connectivity index (χ3v) is 5.51. The summed E-state index contributed by atoms with van der Waals surface area (Å²) in [6.45, 7) is 2.15. The molecule has 0 radical (unpaired) electrons. The zero-order chi connectivity index (χ0) is 14.0. The first-order chi connectivity index (χ1) is 8.93. The van der Waals surface area contributed by atoms with E-state index in [4.69, 9.17) is 11.6 Å². The molecule has 2 heterocycles. The van der Waals surface area contributed by atoms with Gasteiger partial charge >= 0.3 is 0 Å². The van der Waals surface area contributed by atoms with E-state index in [2.05, 4.69) is 9.97 Å². The lowest BCUT2D eigenvalue weighted by Gasteiger charge is -2.14. The lowest BCUT2D eigenvalue weighted by atomic mass is 10.5. The second-order valence-corrected chi connectivity index (χ2v) is 7.49. The van der Waals surface area contributed by atoms with Crippen molar-refractivity contribution in [1.82, 2.24) is 14.3 Å². The Morgan fingerprint density at radius 3 is 2.79 bits per heavy atom. The zero-order valence-corrected chi connectivity index (χ0v) is 12.9. The number of hydrogen-bond acceptors (Lipinski definition) is 4. The fourth-order valence-electron chi connectivity index (χ4n) is 1.62. The second kappa shape index (κ2) is 5.62. The molecule has 5 nitrogen and oxygen atoms in total. The van der Waals surface area contributed by atoms with E-state index in [0.717, 1.165) is 10.7 Å². The summed E-state index contributed by atoms with van der Waals surface area (Å²) in [4.78, 5) is 7.32. The van der Waals surface area contributed by atoms with Gasteiger partial charge < -0.3 is 4.98 Å². The van der Waals surface area contributed by atoms with Crippen molar-refractivity contribution in [3.8, 4) is 0 Å². The molecule has 104 valence electrons. The van der Waals surface area contributed by atoms with Gasteiger partial charge in [-0.15, -0.1) is 22.9 Å². The third-order valence-electron chi connectivity index (χ3n) is 2.62. The van der Waals surface area contributed by atoms with Crippen LogP contribution in [0.25, 0.3) is 0 Å². The monoisotopic (exact) mass is 319 g/mol. The Morgan fingerprint density at radius 2 is 2.26 bits per heavy atom. The summed E-state index contributed by atoms with van der Waals surface area (Å²) in [6, 6.07) is 1.55. The molecule has 8 heteroatoms. The summed E-state index contributed by atoms with van der Waals surface area (Å²) in [7, 11) is -1.97. The summed E-state index contributed by atoms with van der Waals surface area (Å²) in [5.74, 6) is 0.254. The van der Waals surface area contributed by atoms with Gasteiger partial charge in [0, 0.05) is 24.3 Å². The number of rotatable bonds is 5. The van der Waals surface area contributed by atoms with Crippen LogP contribution in [0.3, 0.4) is 0 Å². The Morgan fingerprint density at radius 1 is 1.53 bits per heavy atom. The molecule has 0 bridgehead atoms. The van der Waals surface area contributed by atoms with Gasteiger partial charge in [0.1, 0.15) is 0 Å². The van der Waals surface area contributed by atoms with Crippen LogP contribution in [0.2, 0.25) is 0 Å². The third kappa shape index (κ3) is 3.17. The van der Waals surface area contributed by atoms with E-state index in [1.165, 1.54) is 28.9 Å². The van der Waals surface area contributed by atoms with Gasteiger partial charge in [0.25, 0.3) is 0 Å². The lowest BCUT2D eigenvalue weighted by Crippen LogP contribution is -2.26. The molecule has 2 rings (SSSR count). The standard InChI is InChI=1S/C11H14ClN3O2S2/c1-8-14-10(7-18-8)6-15(2)19(16,17)11-3-9(4-12)13-5-11/h3,5,7,13H,4,6H2,1-2H3. The number of aryl methyl sites for hydroxylation is 1. The van der Waals surface area contributed by atoms with Crippen LogP contribution >= 0.6 is 22.9 Å². The Kier molecular flexibility index (Phi) is 4.29. The first kappa shape index (κ1) is 14.5. The molecule has 0 atom stereocenters. The van der Waals surface area contributed by atoms with Crippen molar-refractivity contribution >= 4 is 33.0 Å². The molecule has 2 aromatic rings. The molecule has 19 heavy (non-hydrogen) atoms. The molecule has 0 aliphatic rings. The van der Waals surface area contributed by atoms with Crippen LogP contribution in [0.5, 0.6) is 0 Å². The first-order valence-corrected chi connectivity index (χ1v) is 8.39. The maximum atomic E-state index is 12.3. The number of thiazole rings is 1. The van der Waals surface area contributed by atoms with E-state index in [1.807, 2.05) is 12.3 Å². The predicted octanol–water partition coefficient (Wildman–Crippen LogP) is 2.34. The van der Waals surface area contributed by atoms with Gasteiger partial charge in [-0.3, -0.25) is 0 Å². The molecule has 0 aliphatic carbocycles. The molecular weight excluding hydrogens is 306 g/mol. The number of aromatic amines is 1. The van der Waals surface area contributed by atoms with Crippen LogP contribution in [0.1, 0.15) is 16.4 Å². The summed E-state index contributed by atoms with van der Waals surface area (Å²) >= 11 is 7.16. The molecule has 0 unspecified atom stereocenters. The maximum absolute atomic E-state index is 12.3. The minimum atomic E-state index is -3.51. The average Bonchev–Trinajstić information content (AvgIpc) is 2.98. The van der Waals surface area contributed by atoms with Crippen molar-refractivity contribution in [2.45, 2.75) is 24.2 Å². The van der Waals surface area contributed by atoms with Crippen LogP contribution in [-0.2, 0) is 22.4 Å². The smallest absolute Gasteiger partial charge is 0.244 e. The van der Waals surface area contributed by atoms with Gasteiger partial charge in [-0.25, -0.2) is 13.4 Å². The van der Waals surface area contributed by atoms with Crippen molar-refractivity contribution < 1.29 is 8.42 Å². The molecule has 0 saturated heterocycles. The summed E-state index contributed by atoms with van der Waals surface area (Å²) < 4.78 is 25.9. The van der Waals surface area contributed by atoms with E-state index in [0.29, 0.717) is 5.69 Å². The van der Waals surface area contributed by atoms with Crippen molar-refractivity contribution in [3.05, 3.63) is 34.0 Å². The largest absolute Gasteiger partial charge is 0.363 e. The number of nitrogens with zero attached hydrogens (tertiary/aromatic N) is 2. The molecule has 0 fully saturated rings. The number of aromatic nitrogens is 2. The highest BCUT2D eigenvalue weighted by atomic mass is 35.5. The van der Waals surface area contributed by atoms with Crippen LogP contribution < -0.4 is 0 Å². The van der Waals surface area contributed by atoms with Crippen molar-refractivity contribution in [2.24, 2.45) is 0 Å². The number of H-pyrrole nitrogens is 1. The molecule has 1 N–H and O–H groups in total. The SMILES string of the molecule is Cc1nc(CN(C)S(=O)(=O)c2c[nH]c(CCl)c2)cs1. The second-order valence-electron chi connectivity index (χ2n) is 4.11. The molecule has 0 spiro atoms. The molecule has 0 saturated carbocycles. The Labute approximate surface area is 121 Å². The van der Waals surface area contributed by atoms with Crippen molar-refractivity contribution in [3.63, 3.8) is 0 Å². The normalized spacial score (nSPS) is 12.2. The van der Waals surface area contributed by atoms with Crippen LogP contribution in [0.4, 0.5) is 0 Å². The highest BCUT2D eigenvalue weighted by molar-refractivity contribution is 7.89. The number of alkyl halides is 1. The predicted molar refractivity (Wildman–Crippen MR) is 75.9 cm³/mol. The highest BCUT2D eigenvalue weighted by Crippen LogP contribution is 2.19. The number of sulfonamides is 1. The van der Waals surface area contributed by atoms with E-state index in [9.17, 15) is 8.42 Å². The minimum Gasteiger partial charge on any atom is -0.363 e. The molecule has 0 aliphatic heterocycles. The Hall–Kier alpha value is -0.890. The number of nitrogens with one attached hydrogen (secondary N) is 1. The van der Waals surface area contributed by atoms with Crippen LogP contribution in [0.15, 0.2) is 22.5 Å². The fourth-order valence-corrected chi connectivity index (χ4v) is 3.54. The van der Waals surface area contributed by atoms with Gasteiger partial charge in [-0.2, -0.15) is 4.31 Å². The van der Waals surface area contributed by atoms with Gasteiger partial charge in [-0.1, -0.05) is 0 Å². The first-order valence-electron chi connectivity index (χ1n) is 5.54. The quantitative estimate of drug-likeness (QED) is 0.860. The highest BCUT2D eigenvalue weighted by Gasteiger charge is 2.22. The van der Waals surface area contributed by atoms with E-state index >= 15 is 0 Å². The van der Waals surface area contributed by atoms with Gasteiger partial charge in [0.2, 0.25) is 10.0 Å². The van der Waals surface area contributed by atoms with E-state index in [-0.39, 0.29) is 17.3 Å². The van der Waals surface area contributed by atoms with Gasteiger partial charge in [0.05, 0.1) is 28.0 Å². The Bertz CT molecular complexity index is 663. The minimum absolute atomic E-state index is 0.220. The molecule has 2 aromatic heterocycles. The van der Waals surface area contributed by atoms with E-state index < -0.39 is 10.0 Å².